The average Bonchev–Trinajstić information content (AvgIpc) is 3.31. The molecule has 0 bridgehead atoms. The van der Waals surface area contributed by atoms with E-state index in [1.807, 2.05) is 55.5 Å². The number of Topliss-reactive ketones (excluding diaryl/α,β-unsaturated/α-hetero) is 1. The van der Waals surface area contributed by atoms with E-state index < -0.39 is 17.7 Å². The third-order valence-corrected chi connectivity index (χ3v) is 6.24. The van der Waals surface area contributed by atoms with E-state index in [9.17, 15) is 14.7 Å². The van der Waals surface area contributed by atoms with Gasteiger partial charge in [0.25, 0.3) is 11.7 Å². The Kier molecular flexibility index (Phi) is 5.05. The van der Waals surface area contributed by atoms with Gasteiger partial charge in [-0.2, -0.15) is 0 Å². The number of carbonyl (C=O) groups is 2. The van der Waals surface area contributed by atoms with Gasteiger partial charge in [0, 0.05) is 45.8 Å². The summed E-state index contributed by atoms with van der Waals surface area (Å²) in [4.78, 5) is 35.6. The van der Waals surface area contributed by atoms with Crippen LogP contribution in [0.4, 0.5) is 5.69 Å². The SMILES string of the molecule is CCc1ccc(N2C(=O)C(=O)/C(=C(/O)c3ccncc3)C2c2c(C)[nH]c3ccccc23)cc1. The summed E-state index contributed by atoms with van der Waals surface area (Å²) in [6.45, 7) is 3.98. The Morgan fingerprint density at radius 1 is 1.03 bits per heavy atom. The summed E-state index contributed by atoms with van der Waals surface area (Å²) in [6, 6.07) is 17.9. The molecular formula is C27H23N3O3. The Balaban J connectivity index is 1.80. The van der Waals surface area contributed by atoms with Crippen LogP contribution in [0.5, 0.6) is 0 Å². The van der Waals surface area contributed by atoms with E-state index in [-0.39, 0.29) is 11.3 Å². The number of ketones is 1. The van der Waals surface area contributed by atoms with Gasteiger partial charge in [0.05, 0.1) is 11.6 Å². The van der Waals surface area contributed by atoms with Gasteiger partial charge in [-0.3, -0.25) is 19.5 Å². The van der Waals surface area contributed by atoms with E-state index in [0.717, 1.165) is 34.1 Å². The zero-order valence-electron chi connectivity index (χ0n) is 18.4. The van der Waals surface area contributed by atoms with E-state index >= 15 is 0 Å². The first-order valence-electron chi connectivity index (χ1n) is 10.9. The second kappa shape index (κ2) is 8.06. The molecule has 2 aromatic heterocycles. The number of anilines is 1. The number of benzene rings is 2. The number of aliphatic hydroxyl groups is 1. The van der Waals surface area contributed by atoms with Gasteiger partial charge in [0.1, 0.15) is 5.76 Å². The van der Waals surface area contributed by atoms with Crippen LogP contribution in [0.2, 0.25) is 0 Å². The van der Waals surface area contributed by atoms with Gasteiger partial charge >= 0.3 is 0 Å². The molecular weight excluding hydrogens is 414 g/mol. The normalized spacial score (nSPS) is 17.8. The molecule has 1 saturated heterocycles. The van der Waals surface area contributed by atoms with Crippen molar-refractivity contribution in [2.24, 2.45) is 0 Å². The highest BCUT2D eigenvalue weighted by Gasteiger charge is 2.48. The van der Waals surface area contributed by atoms with Gasteiger partial charge < -0.3 is 10.1 Å². The summed E-state index contributed by atoms with van der Waals surface area (Å²) in [7, 11) is 0. The van der Waals surface area contributed by atoms with Crippen LogP contribution >= 0.6 is 0 Å². The Morgan fingerprint density at radius 2 is 1.73 bits per heavy atom. The number of aromatic nitrogens is 2. The molecule has 1 aliphatic rings. The van der Waals surface area contributed by atoms with Crippen molar-refractivity contribution in [1.29, 1.82) is 0 Å². The van der Waals surface area contributed by atoms with Crippen molar-refractivity contribution in [3.8, 4) is 0 Å². The number of rotatable bonds is 4. The minimum Gasteiger partial charge on any atom is -0.507 e. The zero-order valence-corrected chi connectivity index (χ0v) is 18.4. The van der Waals surface area contributed by atoms with Crippen molar-refractivity contribution in [1.82, 2.24) is 9.97 Å². The summed E-state index contributed by atoms with van der Waals surface area (Å²) >= 11 is 0. The van der Waals surface area contributed by atoms with Gasteiger partial charge in [-0.15, -0.1) is 0 Å². The number of hydrogen-bond acceptors (Lipinski definition) is 4. The van der Waals surface area contributed by atoms with Crippen LogP contribution in [0.25, 0.3) is 16.7 Å². The van der Waals surface area contributed by atoms with E-state index in [1.54, 1.807) is 24.5 Å². The maximum absolute atomic E-state index is 13.4. The Labute approximate surface area is 191 Å². The summed E-state index contributed by atoms with van der Waals surface area (Å²) in [5, 5.41) is 12.1. The first-order chi connectivity index (χ1) is 16.0. The molecule has 2 N–H and O–H groups in total. The van der Waals surface area contributed by atoms with Gasteiger partial charge in [0.2, 0.25) is 0 Å². The van der Waals surface area contributed by atoms with Crippen LogP contribution in [0.3, 0.4) is 0 Å². The summed E-state index contributed by atoms with van der Waals surface area (Å²) < 4.78 is 0. The Hall–Kier alpha value is -4.19. The standard InChI is InChI=1S/C27H23N3O3/c1-3-17-8-10-19(11-9-17)30-24(22-16(2)29-21-7-5-4-6-20(21)22)23(26(32)27(30)33)25(31)18-12-14-28-15-13-18/h4-15,24,29,31H,3H2,1-2H3/b25-23+. The van der Waals surface area contributed by atoms with Crippen molar-refractivity contribution in [3.05, 3.63) is 101 Å². The summed E-state index contributed by atoms with van der Waals surface area (Å²) in [5.41, 5.74) is 4.77. The fraction of sp³-hybridized carbons (Fsp3) is 0.148. The monoisotopic (exact) mass is 437 g/mol. The molecule has 1 fully saturated rings. The van der Waals surface area contributed by atoms with Gasteiger partial charge in [0.15, 0.2) is 0 Å². The van der Waals surface area contributed by atoms with Gasteiger partial charge in [-0.25, -0.2) is 0 Å². The number of pyridine rings is 1. The third-order valence-electron chi connectivity index (χ3n) is 6.24. The van der Waals surface area contributed by atoms with Crippen LogP contribution in [-0.2, 0) is 16.0 Å². The lowest BCUT2D eigenvalue weighted by Gasteiger charge is -2.26. The average molecular weight is 437 g/mol. The number of carbonyl (C=O) groups excluding carboxylic acids is 2. The first kappa shape index (κ1) is 20.7. The molecule has 0 saturated carbocycles. The van der Waals surface area contributed by atoms with Gasteiger partial charge in [-0.05, 0) is 49.2 Å². The van der Waals surface area contributed by atoms with Crippen LogP contribution in [0.1, 0.15) is 35.3 Å². The molecule has 6 nitrogen and oxygen atoms in total. The number of H-pyrrole nitrogens is 1. The highest BCUT2D eigenvalue weighted by molar-refractivity contribution is 6.52. The first-order valence-corrected chi connectivity index (χ1v) is 10.9. The molecule has 1 atom stereocenters. The minimum absolute atomic E-state index is 0.0682. The molecule has 2 aromatic carbocycles. The highest BCUT2D eigenvalue weighted by atomic mass is 16.3. The number of fused-ring (bicyclic) bond motifs is 1. The fourth-order valence-electron chi connectivity index (χ4n) is 4.58. The molecule has 0 aliphatic carbocycles. The van der Waals surface area contributed by atoms with Gasteiger partial charge in [-0.1, -0.05) is 37.3 Å². The lowest BCUT2D eigenvalue weighted by molar-refractivity contribution is -0.132. The number of para-hydroxylation sites is 1. The Morgan fingerprint density at radius 3 is 2.42 bits per heavy atom. The lowest BCUT2D eigenvalue weighted by Crippen LogP contribution is -2.29. The molecule has 1 amide bonds. The fourth-order valence-corrected chi connectivity index (χ4v) is 4.58. The lowest BCUT2D eigenvalue weighted by atomic mass is 9.93. The predicted molar refractivity (Wildman–Crippen MR) is 128 cm³/mol. The number of hydrogen-bond donors (Lipinski definition) is 2. The topological polar surface area (TPSA) is 86.3 Å². The molecule has 164 valence electrons. The van der Waals surface area contributed by atoms with Crippen LogP contribution in [0.15, 0.2) is 78.6 Å². The number of nitrogens with one attached hydrogen (secondary N) is 1. The van der Waals surface area contributed by atoms with E-state index in [2.05, 4.69) is 16.9 Å². The molecule has 1 unspecified atom stereocenters. The van der Waals surface area contributed by atoms with Crippen LogP contribution in [0, 0.1) is 6.92 Å². The molecule has 5 rings (SSSR count). The number of aliphatic hydroxyl groups excluding tert-OH is 1. The van der Waals surface area contributed by atoms with Crippen molar-refractivity contribution < 1.29 is 14.7 Å². The number of aryl methyl sites for hydroxylation is 2. The smallest absolute Gasteiger partial charge is 0.300 e. The van der Waals surface area contributed by atoms with Crippen molar-refractivity contribution in [2.45, 2.75) is 26.3 Å². The molecule has 4 aromatic rings. The third kappa shape index (κ3) is 3.31. The summed E-state index contributed by atoms with van der Waals surface area (Å²) in [5.74, 6) is -1.58. The molecule has 33 heavy (non-hydrogen) atoms. The molecule has 6 heteroatoms. The van der Waals surface area contributed by atoms with Crippen molar-refractivity contribution in [2.75, 3.05) is 4.90 Å². The number of nitrogens with zero attached hydrogens (tertiary/aromatic N) is 2. The zero-order chi connectivity index (χ0) is 23.1. The highest BCUT2D eigenvalue weighted by Crippen LogP contribution is 2.45. The number of amides is 1. The Bertz CT molecular complexity index is 1400. The predicted octanol–water partition coefficient (Wildman–Crippen LogP) is 5.06. The maximum Gasteiger partial charge on any atom is 0.300 e. The van der Waals surface area contributed by atoms with Crippen LogP contribution in [-0.4, -0.2) is 26.8 Å². The minimum atomic E-state index is -0.776. The van der Waals surface area contributed by atoms with Crippen molar-refractivity contribution >= 4 is 34.0 Å². The molecule has 0 spiro atoms. The molecule has 0 radical (unpaired) electrons. The second-order valence-electron chi connectivity index (χ2n) is 8.13. The quantitative estimate of drug-likeness (QED) is 0.265. The van der Waals surface area contributed by atoms with E-state index in [0.29, 0.717) is 11.3 Å². The summed E-state index contributed by atoms with van der Waals surface area (Å²) in [6.07, 6.45) is 3.95. The molecule has 1 aliphatic heterocycles. The van der Waals surface area contributed by atoms with Crippen LogP contribution < -0.4 is 4.90 Å². The number of aromatic amines is 1. The second-order valence-corrected chi connectivity index (χ2v) is 8.13. The maximum atomic E-state index is 13.4. The van der Waals surface area contributed by atoms with Crippen molar-refractivity contribution in [3.63, 3.8) is 0 Å². The van der Waals surface area contributed by atoms with E-state index in [4.69, 9.17) is 0 Å². The largest absolute Gasteiger partial charge is 0.507 e. The van der Waals surface area contributed by atoms with E-state index in [1.165, 1.54) is 4.90 Å². The molecule has 3 heterocycles.